The maximum absolute atomic E-state index is 12.7. The molecule has 0 saturated carbocycles. The van der Waals surface area contributed by atoms with Crippen LogP contribution in [0.3, 0.4) is 0 Å². The standard InChI is InChI=1S/C22H24ClN3O3/c1-2-29-21(27)19-18(14-24-13-12-15-8-10-17(23)11-9-15)25-22(28)26-20(19)16-6-4-3-5-7-16/h3-11,20,24H,2,12-14H2,1H3,(H2,25,26,28)/t20-/m1/s1. The Morgan fingerprint density at radius 3 is 2.55 bits per heavy atom. The molecule has 29 heavy (non-hydrogen) atoms. The lowest BCUT2D eigenvalue weighted by Crippen LogP contribution is -2.48. The van der Waals surface area contributed by atoms with Crippen molar-refractivity contribution in [3.8, 4) is 0 Å². The van der Waals surface area contributed by atoms with Crippen molar-refractivity contribution in [3.05, 3.63) is 82.0 Å². The maximum Gasteiger partial charge on any atom is 0.338 e. The van der Waals surface area contributed by atoms with Gasteiger partial charge in [0.15, 0.2) is 0 Å². The number of rotatable bonds is 8. The van der Waals surface area contributed by atoms with E-state index in [1.165, 1.54) is 0 Å². The monoisotopic (exact) mass is 413 g/mol. The van der Waals surface area contributed by atoms with Crippen molar-refractivity contribution in [2.45, 2.75) is 19.4 Å². The van der Waals surface area contributed by atoms with Gasteiger partial charge in [-0.1, -0.05) is 54.1 Å². The third-order valence-corrected chi connectivity index (χ3v) is 4.84. The summed E-state index contributed by atoms with van der Waals surface area (Å²) in [6.45, 7) is 3.04. The largest absolute Gasteiger partial charge is 0.463 e. The van der Waals surface area contributed by atoms with Gasteiger partial charge < -0.3 is 20.7 Å². The quantitative estimate of drug-likeness (QED) is 0.458. The van der Waals surface area contributed by atoms with Crippen molar-refractivity contribution in [2.24, 2.45) is 0 Å². The van der Waals surface area contributed by atoms with Gasteiger partial charge in [-0.2, -0.15) is 0 Å². The summed E-state index contributed by atoms with van der Waals surface area (Å²) in [5, 5.41) is 9.59. The van der Waals surface area contributed by atoms with Gasteiger partial charge in [-0.25, -0.2) is 9.59 Å². The molecule has 152 valence electrons. The first-order chi connectivity index (χ1) is 14.1. The van der Waals surface area contributed by atoms with Gasteiger partial charge in [0.1, 0.15) is 0 Å². The molecular weight excluding hydrogens is 390 g/mol. The molecule has 1 atom stereocenters. The predicted octanol–water partition coefficient (Wildman–Crippen LogP) is 3.34. The summed E-state index contributed by atoms with van der Waals surface area (Å²) >= 11 is 5.91. The Morgan fingerprint density at radius 2 is 1.86 bits per heavy atom. The normalized spacial score (nSPS) is 16.2. The zero-order chi connectivity index (χ0) is 20.6. The van der Waals surface area contributed by atoms with Gasteiger partial charge in [-0.3, -0.25) is 0 Å². The number of hydrogen-bond donors (Lipinski definition) is 3. The number of nitrogens with one attached hydrogen (secondary N) is 3. The highest BCUT2D eigenvalue weighted by atomic mass is 35.5. The number of halogens is 1. The molecule has 2 aromatic carbocycles. The van der Waals surface area contributed by atoms with E-state index < -0.39 is 12.0 Å². The fourth-order valence-electron chi connectivity index (χ4n) is 3.20. The first-order valence-corrected chi connectivity index (χ1v) is 9.94. The Labute approximate surface area is 175 Å². The maximum atomic E-state index is 12.7. The molecule has 3 rings (SSSR count). The van der Waals surface area contributed by atoms with Crippen LogP contribution in [0.1, 0.15) is 24.1 Å². The fraction of sp³-hybridized carbons (Fsp3) is 0.273. The van der Waals surface area contributed by atoms with Crippen LogP contribution in [0.2, 0.25) is 5.02 Å². The van der Waals surface area contributed by atoms with Gasteiger partial charge in [0.25, 0.3) is 0 Å². The van der Waals surface area contributed by atoms with Crippen molar-refractivity contribution in [1.29, 1.82) is 0 Å². The summed E-state index contributed by atoms with van der Waals surface area (Å²) in [6, 6.07) is 16.1. The number of esters is 1. The highest BCUT2D eigenvalue weighted by Crippen LogP contribution is 2.27. The van der Waals surface area contributed by atoms with Gasteiger partial charge in [-0.15, -0.1) is 0 Å². The number of amides is 2. The molecule has 0 fully saturated rings. The molecule has 6 nitrogen and oxygen atoms in total. The van der Waals surface area contributed by atoms with Crippen LogP contribution in [-0.2, 0) is 16.0 Å². The van der Waals surface area contributed by atoms with Crippen LogP contribution in [0.4, 0.5) is 4.79 Å². The van der Waals surface area contributed by atoms with Crippen molar-refractivity contribution >= 4 is 23.6 Å². The lowest BCUT2D eigenvalue weighted by Gasteiger charge is -2.29. The van der Waals surface area contributed by atoms with E-state index in [-0.39, 0.29) is 12.6 Å². The number of benzene rings is 2. The van der Waals surface area contributed by atoms with E-state index in [2.05, 4.69) is 16.0 Å². The lowest BCUT2D eigenvalue weighted by atomic mass is 9.95. The Bertz CT molecular complexity index is 882. The minimum atomic E-state index is -0.558. The molecule has 0 aromatic heterocycles. The van der Waals surface area contributed by atoms with Crippen molar-refractivity contribution < 1.29 is 14.3 Å². The van der Waals surface area contributed by atoms with E-state index in [4.69, 9.17) is 16.3 Å². The lowest BCUT2D eigenvalue weighted by molar-refractivity contribution is -0.139. The minimum Gasteiger partial charge on any atom is -0.463 e. The molecule has 0 spiro atoms. The number of hydrogen-bond acceptors (Lipinski definition) is 4. The third-order valence-electron chi connectivity index (χ3n) is 4.59. The Hall–Kier alpha value is -2.83. The van der Waals surface area contributed by atoms with Crippen LogP contribution in [0.5, 0.6) is 0 Å². The first-order valence-electron chi connectivity index (χ1n) is 9.56. The molecule has 0 bridgehead atoms. The molecule has 1 heterocycles. The van der Waals surface area contributed by atoms with Crippen LogP contribution in [0, 0.1) is 0 Å². The smallest absolute Gasteiger partial charge is 0.338 e. The summed E-state index contributed by atoms with van der Waals surface area (Å²) in [4.78, 5) is 24.9. The molecule has 1 aliphatic rings. The van der Waals surface area contributed by atoms with E-state index >= 15 is 0 Å². The highest BCUT2D eigenvalue weighted by molar-refractivity contribution is 6.30. The Kier molecular flexibility index (Phi) is 7.27. The molecule has 0 aliphatic carbocycles. The van der Waals surface area contributed by atoms with Gasteiger partial charge in [0.2, 0.25) is 0 Å². The summed E-state index contributed by atoms with van der Waals surface area (Å²) in [6.07, 6.45) is 0.799. The van der Waals surface area contributed by atoms with Crippen LogP contribution in [0.25, 0.3) is 0 Å². The van der Waals surface area contributed by atoms with E-state index in [0.717, 1.165) is 17.5 Å². The second-order valence-corrected chi connectivity index (χ2v) is 7.04. The topological polar surface area (TPSA) is 79.5 Å². The second kappa shape index (κ2) is 10.1. The van der Waals surface area contributed by atoms with Gasteiger partial charge >= 0.3 is 12.0 Å². The second-order valence-electron chi connectivity index (χ2n) is 6.61. The molecule has 3 N–H and O–H groups in total. The summed E-state index contributed by atoms with van der Waals surface area (Å²) in [5.41, 5.74) is 2.91. The van der Waals surface area contributed by atoms with Crippen molar-refractivity contribution in [2.75, 3.05) is 19.7 Å². The zero-order valence-electron chi connectivity index (χ0n) is 16.2. The van der Waals surface area contributed by atoms with Gasteiger partial charge in [-0.05, 0) is 43.1 Å². The molecule has 0 saturated heterocycles. The van der Waals surface area contributed by atoms with Crippen molar-refractivity contribution in [3.63, 3.8) is 0 Å². The Balaban J connectivity index is 1.76. The molecule has 0 radical (unpaired) electrons. The molecular formula is C22H24ClN3O3. The third kappa shape index (κ3) is 5.59. The summed E-state index contributed by atoms with van der Waals surface area (Å²) in [5.74, 6) is -0.441. The van der Waals surface area contributed by atoms with Crippen molar-refractivity contribution in [1.82, 2.24) is 16.0 Å². The number of ether oxygens (including phenoxy) is 1. The molecule has 0 unspecified atom stereocenters. The predicted molar refractivity (Wildman–Crippen MR) is 113 cm³/mol. The molecule has 2 aromatic rings. The van der Waals surface area contributed by atoms with Gasteiger partial charge in [0.05, 0.1) is 18.2 Å². The van der Waals surface area contributed by atoms with E-state index in [0.29, 0.717) is 29.4 Å². The van der Waals surface area contributed by atoms with Crippen LogP contribution >= 0.6 is 11.6 Å². The first kappa shape index (κ1) is 20.9. The average Bonchev–Trinajstić information content (AvgIpc) is 2.73. The SMILES string of the molecule is CCOC(=O)C1=C(CNCCc2ccc(Cl)cc2)NC(=O)N[C@@H]1c1ccccc1. The number of carbonyl (C=O) groups excluding carboxylic acids is 2. The molecule has 7 heteroatoms. The van der Waals surface area contributed by atoms with E-state index in [1.54, 1.807) is 6.92 Å². The van der Waals surface area contributed by atoms with Crippen LogP contribution in [0.15, 0.2) is 65.9 Å². The minimum absolute atomic E-state index is 0.259. The number of carbonyl (C=O) groups is 2. The molecule has 2 amide bonds. The van der Waals surface area contributed by atoms with Crippen LogP contribution < -0.4 is 16.0 Å². The Morgan fingerprint density at radius 1 is 1.14 bits per heavy atom. The summed E-state index contributed by atoms with van der Waals surface area (Å²) < 4.78 is 5.26. The van der Waals surface area contributed by atoms with Gasteiger partial charge in [0, 0.05) is 17.3 Å². The highest BCUT2D eigenvalue weighted by Gasteiger charge is 2.33. The van der Waals surface area contributed by atoms with E-state index in [1.807, 2.05) is 54.6 Å². The average molecular weight is 414 g/mol. The van der Waals surface area contributed by atoms with E-state index in [9.17, 15) is 9.59 Å². The number of urea groups is 1. The van der Waals surface area contributed by atoms with Crippen LogP contribution in [-0.4, -0.2) is 31.7 Å². The summed E-state index contributed by atoms with van der Waals surface area (Å²) in [7, 11) is 0. The zero-order valence-corrected chi connectivity index (χ0v) is 17.0. The molecule has 1 aliphatic heterocycles. The fourth-order valence-corrected chi connectivity index (χ4v) is 3.33.